The number of piperidine rings is 1. The van der Waals surface area contributed by atoms with Crippen LogP contribution in [0.2, 0.25) is 0 Å². The molecule has 0 amide bonds. The Hall–Kier alpha value is -4.69. The average molecular weight is 527 g/mol. The van der Waals surface area contributed by atoms with Gasteiger partial charge in [-0.3, -0.25) is 14.4 Å². The summed E-state index contributed by atoms with van der Waals surface area (Å²) < 4.78 is 2.07. The lowest BCUT2D eigenvalue weighted by Gasteiger charge is -2.30. The molecule has 0 saturated carbocycles. The molecule has 0 aliphatic carbocycles. The van der Waals surface area contributed by atoms with Crippen molar-refractivity contribution in [3.8, 4) is 34.0 Å². The van der Waals surface area contributed by atoms with E-state index in [2.05, 4.69) is 78.0 Å². The summed E-state index contributed by atoms with van der Waals surface area (Å²) in [4.78, 5) is 21.2. The second kappa shape index (κ2) is 10.5. The van der Waals surface area contributed by atoms with Crippen LogP contribution in [-0.2, 0) is 6.54 Å². The highest BCUT2D eigenvalue weighted by molar-refractivity contribution is 5.81. The summed E-state index contributed by atoms with van der Waals surface area (Å²) in [5.74, 6) is 2.75. The van der Waals surface area contributed by atoms with Gasteiger partial charge in [0.1, 0.15) is 11.5 Å². The zero-order valence-electron chi connectivity index (χ0n) is 22.4. The maximum atomic E-state index is 4.89. The summed E-state index contributed by atoms with van der Waals surface area (Å²) in [5.41, 5.74) is 7.32. The van der Waals surface area contributed by atoms with E-state index in [4.69, 9.17) is 9.97 Å². The van der Waals surface area contributed by atoms with Gasteiger partial charge in [0.2, 0.25) is 5.78 Å². The number of rotatable bonds is 6. The van der Waals surface area contributed by atoms with E-state index in [1.54, 1.807) is 6.20 Å². The number of aromatic nitrogens is 7. The Bertz CT molecular complexity index is 1750. The van der Waals surface area contributed by atoms with Crippen molar-refractivity contribution in [2.24, 2.45) is 0 Å². The van der Waals surface area contributed by atoms with Crippen molar-refractivity contribution >= 4 is 5.78 Å². The Kier molecular flexibility index (Phi) is 6.37. The molecule has 7 rings (SSSR count). The van der Waals surface area contributed by atoms with Gasteiger partial charge >= 0.3 is 0 Å². The highest BCUT2D eigenvalue weighted by Gasteiger charge is 2.24. The predicted molar refractivity (Wildman–Crippen MR) is 155 cm³/mol. The number of hydrogen-bond acceptors (Lipinski definition) is 6. The van der Waals surface area contributed by atoms with Gasteiger partial charge in [0.15, 0.2) is 5.82 Å². The number of aryl methyl sites for hydroxylation is 1. The summed E-state index contributed by atoms with van der Waals surface area (Å²) in [6, 6.07) is 27.1. The Balaban J connectivity index is 1.03. The number of pyridine rings is 1. The molecule has 0 atom stereocenters. The molecule has 4 aromatic heterocycles. The second-order valence-corrected chi connectivity index (χ2v) is 10.4. The topological polar surface area (TPSA) is 87.9 Å². The lowest BCUT2D eigenvalue weighted by atomic mass is 9.95. The van der Waals surface area contributed by atoms with Crippen LogP contribution >= 0.6 is 0 Å². The van der Waals surface area contributed by atoms with Crippen molar-refractivity contribution in [1.82, 2.24) is 39.4 Å². The second-order valence-electron chi connectivity index (χ2n) is 10.4. The van der Waals surface area contributed by atoms with Crippen LogP contribution in [0.1, 0.15) is 35.8 Å². The summed E-state index contributed by atoms with van der Waals surface area (Å²) in [7, 11) is 0. The monoisotopic (exact) mass is 526 g/mol. The van der Waals surface area contributed by atoms with E-state index < -0.39 is 0 Å². The highest BCUT2D eigenvalue weighted by Crippen LogP contribution is 2.33. The molecular weight excluding hydrogens is 496 g/mol. The first kappa shape index (κ1) is 24.4. The van der Waals surface area contributed by atoms with Crippen LogP contribution in [-0.4, -0.2) is 52.5 Å². The van der Waals surface area contributed by atoms with Crippen molar-refractivity contribution in [3.05, 3.63) is 108 Å². The molecule has 1 N–H and O–H groups in total. The van der Waals surface area contributed by atoms with Crippen molar-refractivity contribution in [2.45, 2.75) is 32.2 Å². The molecule has 1 saturated heterocycles. The number of nitrogens with one attached hydrogen (secondary N) is 1. The molecular formula is C32H30N8. The highest BCUT2D eigenvalue weighted by atomic mass is 15.2. The molecule has 0 bridgehead atoms. The molecule has 0 radical (unpaired) electrons. The molecule has 198 valence electrons. The van der Waals surface area contributed by atoms with Gasteiger partial charge in [-0.15, -0.1) is 0 Å². The normalized spacial score (nSPS) is 14.6. The van der Waals surface area contributed by atoms with Gasteiger partial charge < -0.3 is 0 Å². The summed E-state index contributed by atoms with van der Waals surface area (Å²) >= 11 is 0. The number of hydrogen-bond donors (Lipinski definition) is 1. The Morgan fingerprint density at radius 3 is 2.45 bits per heavy atom. The fraction of sp³-hybridized carbons (Fsp3) is 0.219. The van der Waals surface area contributed by atoms with Gasteiger partial charge in [-0.2, -0.15) is 5.10 Å². The average Bonchev–Trinajstić information content (AvgIpc) is 3.64. The molecule has 8 heteroatoms. The van der Waals surface area contributed by atoms with Crippen LogP contribution < -0.4 is 0 Å². The van der Waals surface area contributed by atoms with Crippen LogP contribution in [0.15, 0.2) is 91.3 Å². The number of likely N-dealkylation sites (tertiary alicyclic amines) is 1. The van der Waals surface area contributed by atoms with Gasteiger partial charge in [-0.25, -0.2) is 19.9 Å². The molecule has 0 spiro atoms. The molecule has 1 aliphatic rings. The van der Waals surface area contributed by atoms with Crippen molar-refractivity contribution < 1.29 is 0 Å². The number of H-pyrrole nitrogens is 1. The minimum atomic E-state index is 0.393. The van der Waals surface area contributed by atoms with Crippen LogP contribution in [0.25, 0.3) is 39.8 Å². The number of benzene rings is 2. The fourth-order valence-electron chi connectivity index (χ4n) is 5.59. The van der Waals surface area contributed by atoms with Gasteiger partial charge in [0.25, 0.3) is 0 Å². The minimum absolute atomic E-state index is 0.393. The zero-order valence-corrected chi connectivity index (χ0v) is 22.4. The first-order valence-electron chi connectivity index (χ1n) is 13.8. The molecule has 1 fully saturated rings. The molecule has 0 unspecified atom stereocenters. The third kappa shape index (κ3) is 4.78. The summed E-state index contributed by atoms with van der Waals surface area (Å²) in [6.45, 7) is 4.97. The van der Waals surface area contributed by atoms with E-state index in [9.17, 15) is 0 Å². The van der Waals surface area contributed by atoms with E-state index in [-0.39, 0.29) is 0 Å². The zero-order chi connectivity index (χ0) is 26.9. The Labute approximate surface area is 232 Å². The van der Waals surface area contributed by atoms with Gasteiger partial charge in [0, 0.05) is 41.7 Å². The first-order chi connectivity index (χ1) is 19.7. The first-order valence-corrected chi connectivity index (χ1v) is 13.8. The molecule has 8 nitrogen and oxygen atoms in total. The number of nitrogens with zero attached hydrogens (tertiary/aromatic N) is 7. The van der Waals surface area contributed by atoms with Gasteiger partial charge in [-0.1, -0.05) is 60.7 Å². The third-order valence-electron chi connectivity index (χ3n) is 7.68. The molecule has 5 heterocycles. The van der Waals surface area contributed by atoms with E-state index in [0.717, 1.165) is 72.2 Å². The van der Waals surface area contributed by atoms with Crippen LogP contribution in [0.4, 0.5) is 0 Å². The minimum Gasteiger partial charge on any atom is -0.299 e. The number of imidazole rings is 1. The molecule has 1 aliphatic heterocycles. The SMILES string of the molecule is Cc1cccc(-c2n[nH]c(C3CCN(Cc4ccc(-c5nc6ncccn6c5-c5ccccc5)cc4)CC3)n2)n1. The number of aromatic amines is 1. The quantitative estimate of drug-likeness (QED) is 0.289. The summed E-state index contributed by atoms with van der Waals surface area (Å²) in [6.07, 6.45) is 5.93. The van der Waals surface area contributed by atoms with Crippen LogP contribution in [0.5, 0.6) is 0 Å². The summed E-state index contributed by atoms with van der Waals surface area (Å²) in [5, 5.41) is 7.61. The largest absolute Gasteiger partial charge is 0.299 e. The van der Waals surface area contributed by atoms with Gasteiger partial charge in [0.05, 0.1) is 11.4 Å². The van der Waals surface area contributed by atoms with E-state index in [1.807, 2.05) is 43.5 Å². The maximum absolute atomic E-state index is 4.89. The Morgan fingerprint density at radius 2 is 1.65 bits per heavy atom. The van der Waals surface area contributed by atoms with E-state index >= 15 is 0 Å². The lowest BCUT2D eigenvalue weighted by Crippen LogP contribution is -2.32. The van der Waals surface area contributed by atoms with Crippen molar-refractivity contribution in [3.63, 3.8) is 0 Å². The number of fused-ring (bicyclic) bond motifs is 1. The smallest absolute Gasteiger partial charge is 0.234 e. The van der Waals surface area contributed by atoms with E-state index in [0.29, 0.717) is 17.5 Å². The molecule has 40 heavy (non-hydrogen) atoms. The third-order valence-corrected chi connectivity index (χ3v) is 7.68. The van der Waals surface area contributed by atoms with Gasteiger partial charge in [-0.05, 0) is 56.6 Å². The fourth-order valence-corrected chi connectivity index (χ4v) is 5.59. The van der Waals surface area contributed by atoms with E-state index in [1.165, 1.54) is 5.56 Å². The van der Waals surface area contributed by atoms with Crippen molar-refractivity contribution in [2.75, 3.05) is 13.1 Å². The van der Waals surface area contributed by atoms with Crippen LogP contribution in [0.3, 0.4) is 0 Å². The standard InChI is InChI=1S/C32H30N8/c1-22-7-5-10-27(34-22)31-36-30(37-38-31)26-15-19-39(20-16-26)21-23-11-13-24(14-12-23)28-29(25-8-3-2-4-9-25)40-18-6-17-33-32(40)35-28/h2-14,17-18,26H,15-16,19-21H2,1H3,(H,36,37,38). The molecule has 2 aromatic carbocycles. The lowest BCUT2D eigenvalue weighted by molar-refractivity contribution is 0.202. The maximum Gasteiger partial charge on any atom is 0.234 e. The van der Waals surface area contributed by atoms with Crippen LogP contribution in [0, 0.1) is 6.92 Å². The Morgan fingerprint density at radius 1 is 0.825 bits per heavy atom. The van der Waals surface area contributed by atoms with Crippen molar-refractivity contribution in [1.29, 1.82) is 0 Å². The predicted octanol–water partition coefficient (Wildman–Crippen LogP) is 5.93. The molecule has 6 aromatic rings.